The van der Waals surface area contributed by atoms with Gasteiger partial charge in [0.05, 0.1) is 0 Å². The van der Waals surface area contributed by atoms with Crippen molar-refractivity contribution in [1.29, 1.82) is 0 Å². The van der Waals surface area contributed by atoms with Gasteiger partial charge in [-0.05, 0) is 12.1 Å². The number of benzene rings is 1. The molecule has 1 heterocycles. The molecule has 0 radical (unpaired) electrons. The highest BCUT2D eigenvalue weighted by Gasteiger charge is 2.48. The van der Waals surface area contributed by atoms with E-state index in [9.17, 15) is 17.6 Å². The van der Waals surface area contributed by atoms with Crippen molar-refractivity contribution >= 4 is 5.69 Å². The third-order valence-electron chi connectivity index (χ3n) is 2.19. The van der Waals surface area contributed by atoms with Crippen LogP contribution in [0.5, 0.6) is 0 Å². The van der Waals surface area contributed by atoms with E-state index in [-0.39, 0.29) is 17.1 Å². The molecule has 0 fully saturated rings. The molecule has 8 heteroatoms. The van der Waals surface area contributed by atoms with Gasteiger partial charge in [-0.2, -0.15) is 13.8 Å². The summed E-state index contributed by atoms with van der Waals surface area (Å²) in [5, 5.41) is 3.22. The van der Waals surface area contributed by atoms with Gasteiger partial charge in [0.25, 0.3) is 0 Å². The van der Waals surface area contributed by atoms with E-state index in [1.54, 1.807) is 12.1 Å². The number of hydrogen-bond donors (Lipinski definition) is 1. The van der Waals surface area contributed by atoms with Crippen LogP contribution in [0.25, 0.3) is 11.4 Å². The minimum absolute atomic E-state index is 0.227. The third kappa shape index (κ3) is 2.01. The van der Waals surface area contributed by atoms with E-state index in [0.29, 0.717) is 0 Å². The lowest BCUT2D eigenvalue weighted by Gasteiger charge is -2.08. The number of hydrogen-bond acceptors (Lipinski definition) is 4. The summed E-state index contributed by atoms with van der Waals surface area (Å²) in [5.41, 5.74) is 6.03. The van der Waals surface area contributed by atoms with E-state index in [4.69, 9.17) is 5.73 Å². The fraction of sp³-hybridized carbons (Fsp3) is 0.200. The Morgan fingerprint density at radius 2 is 1.89 bits per heavy atom. The van der Waals surface area contributed by atoms with Gasteiger partial charge in [-0.1, -0.05) is 17.3 Å². The number of halogens is 4. The van der Waals surface area contributed by atoms with Crippen LogP contribution in [-0.2, 0) is 5.92 Å². The van der Waals surface area contributed by atoms with Crippen LogP contribution in [0.15, 0.2) is 28.8 Å². The molecule has 2 aromatic rings. The van der Waals surface area contributed by atoms with Gasteiger partial charge in [0.15, 0.2) is 0 Å². The summed E-state index contributed by atoms with van der Waals surface area (Å²) >= 11 is 0. The summed E-state index contributed by atoms with van der Waals surface area (Å²) in [6.07, 6.45) is -3.92. The molecule has 2 N–H and O–H groups in total. The molecule has 2 rings (SSSR count). The second-order valence-corrected chi connectivity index (χ2v) is 3.43. The number of alkyl halides is 4. The first-order valence-corrected chi connectivity index (χ1v) is 4.78. The molecular formula is C10H7F4N3O. The lowest BCUT2D eigenvalue weighted by Crippen LogP contribution is -2.23. The van der Waals surface area contributed by atoms with Crippen LogP contribution in [0.3, 0.4) is 0 Å². The first kappa shape index (κ1) is 12.3. The van der Waals surface area contributed by atoms with Crippen molar-refractivity contribution in [3.63, 3.8) is 0 Å². The van der Waals surface area contributed by atoms with E-state index >= 15 is 0 Å². The number of nitrogen functional groups attached to an aromatic ring is 1. The standard InChI is InChI=1S/C10H7F4N3O/c11-8(12)10(13,14)9-16-7(17-18-9)5-3-1-2-4-6(5)15/h1-4,8H,15H2. The van der Waals surface area contributed by atoms with Crippen LogP contribution in [0, 0.1) is 0 Å². The second-order valence-electron chi connectivity index (χ2n) is 3.43. The molecule has 0 aliphatic carbocycles. The highest BCUT2D eigenvalue weighted by Crippen LogP contribution is 2.34. The van der Waals surface area contributed by atoms with Gasteiger partial charge in [0, 0.05) is 11.3 Å². The topological polar surface area (TPSA) is 64.9 Å². The second kappa shape index (κ2) is 4.28. The normalized spacial score (nSPS) is 12.1. The van der Waals surface area contributed by atoms with Gasteiger partial charge in [0.1, 0.15) is 0 Å². The Hall–Kier alpha value is -2.12. The van der Waals surface area contributed by atoms with Crippen LogP contribution in [0.2, 0.25) is 0 Å². The molecule has 0 aliphatic rings. The highest BCUT2D eigenvalue weighted by atomic mass is 19.3. The van der Waals surface area contributed by atoms with Crippen molar-refractivity contribution in [1.82, 2.24) is 10.1 Å². The number of nitrogens with two attached hydrogens (primary N) is 1. The SMILES string of the molecule is Nc1ccccc1-c1noc(C(F)(F)C(F)F)n1. The summed E-state index contributed by atoms with van der Waals surface area (Å²) in [7, 11) is 0. The predicted octanol–water partition coefficient (Wildman–Crippen LogP) is 2.68. The van der Waals surface area contributed by atoms with Gasteiger partial charge in [-0.3, -0.25) is 0 Å². The molecule has 0 bridgehead atoms. The molecule has 0 amide bonds. The predicted molar refractivity (Wildman–Crippen MR) is 54.0 cm³/mol. The summed E-state index contributed by atoms with van der Waals surface area (Å²) < 4.78 is 54.2. The van der Waals surface area contributed by atoms with E-state index in [1.807, 2.05) is 0 Å². The maximum absolute atomic E-state index is 12.9. The Morgan fingerprint density at radius 3 is 2.50 bits per heavy atom. The van der Waals surface area contributed by atoms with Crippen LogP contribution < -0.4 is 5.73 Å². The van der Waals surface area contributed by atoms with Crippen molar-refractivity contribution < 1.29 is 22.1 Å². The lowest BCUT2D eigenvalue weighted by atomic mass is 10.2. The molecule has 96 valence electrons. The van der Waals surface area contributed by atoms with Crippen molar-refractivity contribution in [3.05, 3.63) is 30.2 Å². The lowest BCUT2D eigenvalue weighted by molar-refractivity contribution is -0.152. The zero-order chi connectivity index (χ0) is 13.3. The number of anilines is 1. The van der Waals surface area contributed by atoms with Gasteiger partial charge in [0.2, 0.25) is 5.82 Å². The average molecular weight is 261 g/mol. The Morgan fingerprint density at radius 1 is 1.22 bits per heavy atom. The zero-order valence-electron chi connectivity index (χ0n) is 8.78. The molecule has 18 heavy (non-hydrogen) atoms. The van der Waals surface area contributed by atoms with Gasteiger partial charge >= 0.3 is 18.2 Å². The Kier molecular flexibility index (Phi) is 2.93. The summed E-state index contributed by atoms with van der Waals surface area (Å²) in [6.45, 7) is 0. The molecular weight excluding hydrogens is 254 g/mol. The Balaban J connectivity index is 2.41. The maximum atomic E-state index is 12.9. The third-order valence-corrected chi connectivity index (χ3v) is 2.19. The molecule has 0 spiro atoms. The molecule has 0 aliphatic heterocycles. The fourth-order valence-corrected chi connectivity index (χ4v) is 1.26. The van der Waals surface area contributed by atoms with E-state index in [2.05, 4.69) is 14.7 Å². The summed E-state index contributed by atoms with van der Waals surface area (Å²) in [6, 6.07) is 6.15. The molecule has 0 saturated heterocycles. The molecule has 1 aromatic carbocycles. The Labute approximate surface area is 98.4 Å². The number of para-hydroxylation sites is 1. The monoisotopic (exact) mass is 261 g/mol. The van der Waals surface area contributed by atoms with Crippen molar-refractivity contribution in [3.8, 4) is 11.4 Å². The maximum Gasteiger partial charge on any atom is 0.383 e. The van der Waals surface area contributed by atoms with Gasteiger partial charge in [-0.25, -0.2) is 8.78 Å². The number of aromatic nitrogens is 2. The van der Waals surface area contributed by atoms with Crippen molar-refractivity contribution in [2.45, 2.75) is 12.3 Å². The molecule has 4 nitrogen and oxygen atoms in total. The average Bonchev–Trinajstić information content (AvgIpc) is 2.79. The largest absolute Gasteiger partial charge is 0.398 e. The minimum atomic E-state index is -4.48. The van der Waals surface area contributed by atoms with Crippen LogP contribution >= 0.6 is 0 Å². The molecule has 0 atom stereocenters. The quantitative estimate of drug-likeness (QED) is 0.681. The van der Waals surface area contributed by atoms with Crippen molar-refractivity contribution in [2.75, 3.05) is 5.73 Å². The van der Waals surface area contributed by atoms with E-state index in [0.717, 1.165) is 0 Å². The van der Waals surface area contributed by atoms with Crippen LogP contribution in [0.1, 0.15) is 5.89 Å². The highest BCUT2D eigenvalue weighted by molar-refractivity contribution is 5.70. The van der Waals surface area contributed by atoms with E-state index in [1.165, 1.54) is 12.1 Å². The number of rotatable bonds is 3. The minimum Gasteiger partial charge on any atom is -0.398 e. The first-order valence-electron chi connectivity index (χ1n) is 4.78. The first-order chi connectivity index (χ1) is 8.43. The molecule has 1 aromatic heterocycles. The molecule has 0 saturated carbocycles. The Bertz CT molecular complexity index is 556. The molecule has 0 unspecified atom stereocenters. The van der Waals surface area contributed by atoms with Gasteiger partial charge < -0.3 is 10.3 Å². The van der Waals surface area contributed by atoms with Crippen LogP contribution in [-0.4, -0.2) is 16.6 Å². The number of nitrogens with zero attached hydrogens (tertiary/aromatic N) is 2. The smallest absolute Gasteiger partial charge is 0.383 e. The summed E-state index contributed by atoms with van der Waals surface area (Å²) in [4.78, 5) is 3.25. The van der Waals surface area contributed by atoms with E-state index < -0.39 is 18.2 Å². The van der Waals surface area contributed by atoms with Crippen molar-refractivity contribution in [2.24, 2.45) is 0 Å². The van der Waals surface area contributed by atoms with Crippen LogP contribution in [0.4, 0.5) is 23.2 Å². The van der Waals surface area contributed by atoms with Gasteiger partial charge in [-0.15, -0.1) is 0 Å². The summed E-state index contributed by atoms with van der Waals surface area (Å²) in [5.74, 6) is -6.17. The fourth-order valence-electron chi connectivity index (χ4n) is 1.26. The zero-order valence-corrected chi connectivity index (χ0v) is 8.78.